The highest BCUT2D eigenvalue weighted by Crippen LogP contribution is 2.37. The van der Waals surface area contributed by atoms with E-state index in [1.54, 1.807) is 19.1 Å². The molecular weight excluding hydrogens is 511 g/mol. The van der Waals surface area contributed by atoms with Crippen LogP contribution < -0.4 is 15.2 Å². The Morgan fingerprint density at radius 3 is 2.37 bits per heavy atom. The molecule has 38 heavy (non-hydrogen) atoms. The number of phosphoric acid groups is 1. The van der Waals surface area contributed by atoms with Crippen LogP contribution in [0.15, 0.2) is 71.3 Å². The number of nitrogens with zero attached hydrogens (tertiary/aromatic N) is 2. The molecule has 0 aliphatic carbocycles. The zero-order valence-electron chi connectivity index (χ0n) is 20.7. The third-order valence-corrected chi connectivity index (χ3v) is 6.12. The van der Waals surface area contributed by atoms with E-state index in [1.165, 1.54) is 19.1 Å². The first-order chi connectivity index (χ1) is 18.1. The lowest BCUT2D eigenvalue weighted by Crippen LogP contribution is -2.48. The van der Waals surface area contributed by atoms with Gasteiger partial charge in [0.25, 0.3) is 0 Å². The molecule has 11 nitrogen and oxygen atoms in total. The molecule has 0 spiro atoms. The maximum atomic E-state index is 13.0. The number of carbonyl (C=O) groups excluding carboxylic acids is 2. The van der Waals surface area contributed by atoms with Crippen molar-refractivity contribution in [3.05, 3.63) is 89.6 Å². The Morgan fingerprint density at radius 2 is 1.68 bits per heavy atom. The van der Waals surface area contributed by atoms with E-state index in [0.717, 1.165) is 16.3 Å². The van der Waals surface area contributed by atoms with Crippen molar-refractivity contribution >= 4 is 30.4 Å². The van der Waals surface area contributed by atoms with Crippen LogP contribution in [0.2, 0.25) is 0 Å². The summed E-state index contributed by atoms with van der Waals surface area (Å²) in [5.74, 6) is -0.165. The maximum absolute atomic E-state index is 13.0. The number of amides is 2. The Balaban J connectivity index is 1.39. The zero-order chi connectivity index (χ0) is 27.3. The molecule has 198 valence electrons. The van der Waals surface area contributed by atoms with Gasteiger partial charge in [0, 0.05) is 19.8 Å². The second-order valence-electron chi connectivity index (χ2n) is 8.82. The number of hydrogen-bond acceptors (Lipinski definition) is 7. The van der Waals surface area contributed by atoms with Crippen molar-refractivity contribution in [2.75, 3.05) is 0 Å². The quantitative estimate of drug-likeness (QED) is 0.222. The smallest absolute Gasteiger partial charge is 0.404 e. The lowest BCUT2D eigenvalue weighted by atomic mass is 10.0. The van der Waals surface area contributed by atoms with E-state index < -0.39 is 31.7 Å². The molecule has 1 heterocycles. The highest BCUT2D eigenvalue weighted by molar-refractivity contribution is 7.46. The molecule has 4 N–H and O–H groups in total. The molecule has 12 heteroatoms. The molecule has 0 aliphatic heterocycles. The molecule has 0 aliphatic rings. The van der Waals surface area contributed by atoms with Gasteiger partial charge in [-0.05, 0) is 41.0 Å². The molecule has 3 aromatic carbocycles. The van der Waals surface area contributed by atoms with Gasteiger partial charge in [-0.3, -0.25) is 19.4 Å². The van der Waals surface area contributed by atoms with Gasteiger partial charge < -0.3 is 19.7 Å². The van der Waals surface area contributed by atoms with Gasteiger partial charge in [0.1, 0.15) is 17.8 Å². The summed E-state index contributed by atoms with van der Waals surface area (Å²) in [4.78, 5) is 47.0. The van der Waals surface area contributed by atoms with E-state index in [0.29, 0.717) is 17.8 Å². The fourth-order valence-corrected chi connectivity index (χ4v) is 4.33. The minimum Gasteiger partial charge on any atom is -0.404 e. The van der Waals surface area contributed by atoms with Crippen LogP contribution in [0.3, 0.4) is 0 Å². The summed E-state index contributed by atoms with van der Waals surface area (Å²) >= 11 is 0. The summed E-state index contributed by atoms with van der Waals surface area (Å²) in [5, 5.41) is 11.7. The van der Waals surface area contributed by atoms with Gasteiger partial charge in [-0.1, -0.05) is 59.8 Å². The number of benzene rings is 3. The summed E-state index contributed by atoms with van der Waals surface area (Å²) in [6.07, 6.45) is 0.594. The number of rotatable bonds is 10. The zero-order valence-corrected chi connectivity index (χ0v) is 21.6. The fourth-order valence-electron chi connectivity index (χ4n) is 3.94. The Kier molecular flexibility index (Phi) is 8.21. The molecule has 2 amide bonds. The molecule has 0 radical (unpaired) electrons. The minimum atomic E-state index is -4.68. The predicted octanol–water partition coefficient (Wildman–Crippen LogP) is 3.21. The predicted molar refractivity (Wildman–Crippen MR) is 138 cm³/mol. The number of hydrogen-bond donors (Lipinski definition) is 4. The molecule has 0 unspecified atom stereocenters. The second kappa shape index (κ2) is 11.6. The van der Waals surface area contributed by atoms with Gasteiger partial charge in [-0.2, -0.15) is 4.98 Å². The van der Waals surface area contributed by atoms with Crippen molar-refractivity contribution in [3.8, 4) is 5.75 Å². The van der Waals surface area contributed by atoms with Gasteiger partial charge in [0.2, 0.25) is 17.7 Å². The van der Waals surface area contributed by atoms with Crippen LogP contribution >= 0.6 is 7.82 Å². The third-order valence-electron chi connectivity index (χ3n) is 5.67. The highest BCUT2D eigenvalue weighted by Gasteiger charge is 2.24. The van der Waals surface area contributed by atoms with Gasteiger partial charge >= 0.3 is 7.82 Å². The molecular formula is C26H27N4O7P. The fraction of sp³-hybridized carbons (Fsp3) is 0.231. The van der Waals surface area contributed by atoms with Crippen LogP contribution in [0.1, 0.15) is 42.7 Å². The van der Waals surface area contributed by atoms with E-state index in [-0.39, 0.29) is 18.1 Å². The van der Waals surface area contributed by atoms with Gasteiger partial charge in [-0.25, -0.2) is 4.57 Å². The SMILES string of the molecule is CC(=O)N[C@@H](Cc1ccc(OP(=O)(O)O)cc1)C(=O)N[C@@H](C)c1nc(Cc2ccc3ccccc3c2)no1. The lowest BCUT2D eigenvalue weighted by molar-refractivity contribution is -0.128. The van der Waals surface area contributed by atoms with E-state index in [9.17, 15) is 14.2 Å². The Morgan fingerprint density at radius 1 is 1.00 bits per heavy atom. The van der Waals surface area contributed by atoms with E-state index in [4.69, 9.17) is 14.3 Å². The van der Waals surface area contributed by atoms with Crippen LogP contribution in [0.5, 0.6) is 5.75 Å². The van der Waals surface area contributed by atoms with Crippen molar-refractivity contribution in [2.45, 2.75) is 38.8 Å². The summed E-state index contributed by atoms with van der Waals surface area (Å²) in [7, 11) is -4.68. The van der Waals surface area contributed by atoms with Crippen LogP contribution in [0.4, 0.5) is 0 Å². The lowest BCUT2D eigenvalue weighted by Gasteiger charge is -2.19. The number of nitrogens with one attached hydrogen (secondary N) is 2. The molecule has 4 rings (SSSR count). The summed E-state index contributed by atoms with van der Waals surface area (Å²) in [5.41, 5.74) is 1.66. The number of aromatic nitrogens is 2. The van der Waals surface area contributed by atoms with Crippen LogP contribution in [0.25, 0.3) is 10.8 Å². The molecule has 0 fully saturated rings. The van der Waals surface area contributed by atoms with Crippen LogP contribution in [-0.2, 0) is 27.0 Å². The number of carbonyl (C=O) groups is 2. The molecule has 2 atom stereocenters. The average molecular weight is 538 g/mol. The number of phosphoric ester groups is 1. The molecule has 4 aromatic rings. The van der Waals surface area contributed by atoms with Crippen molar-refractivity contribution in [1.82, 2.24) is 20.8 Å². The summed E-state index contributed by atoms with van der Waals surface area (Å²) in [6, 6.07) is 18.5. The van der Waals surface area contributed by atoms with E-state index in [2.05, 4.69) is 31.4 Å². The van der Waals surface area contributed by atoms with Gasteiger partial charge in [0.15, 0.2) is 5.82 Å². The molecule has 0 saturated heterocycles. The standard InChI is InChI=1S/C26H27N4O7P/c1-16(26-29-24(30-36-26)15-19-7-10-20-5-3-4-6-21(20)13-19)27-25(32)23(28-17(2)31)14-18-8-11-22(12-9-18)37-38(33,34)35/h3-13,16,23H,14-15H2,1-2H3,(H,27,32)(H,28,31)(H2,33,34,35)/t16-,23-/m0/s1. The maximum Gasteiger partial charge on any atom is 0.524 e. The molecule has 1 aromatic heterocycles. The number of fused-ring (bicyclic) bond motifs is 1. The van der Waals surface area contributed by atoms with E-state index >= 15 is 0 Å². The van der Waals surface area contributed by atoms with Crippen molar-refractivity contribution < 1.29 is 33.0 Å². The van der Waals surface area contributed by atoms with Gasteiger partial charge in [-0.15, -0.1) is 0 Å². The normalized spacial score (nSPS) is 13.1. The van der Waals surface area contributed by atoms with Crippen LogP contribution in [0, 0.1) is 0 Å². The molecule has 0 bridgehead atoms. The second-order valence-corrected chi connectivity index (χ2v) is 9.98. The first-order valence-corrected chi connectivity index (χ1v) is 13.3. The Bertz CT molecular complexity index is 1480. The van der Waals surface area contributed by atoms with Crippen molar-refractivity contribution in [1.29, 1.82) is 0 Å². The van der Waals surface area contributed by atoms with Gasteiger partial charge in [0.05, 0.1) is 0 Å². The van der Waals surface area contributed by atoms with Crippen LogP contribution in [-0.4, -0.2) is 37.8 Å². The minimum absolute atomic E-state index is 0.0212. The summed E-state index contributed by atoms with van der Waals surface area (Å²) in [6.45, 7) is 3.00. The Labute approximate surface area is 218 Å². The van der Waals surface area contributed by atoms with Crippen molar-refractivity contribution in [3.63, 3.8) is 0 Å². The third kappa shape index (κ3) is 7.48. The molecule has 0 saturated carbocycles. The monoisotopic (exact) mass is 538 g/mol. The average Bonchev–Trinajstić information content (AvgIpc) is 3.32. The summed E-state index contributed by atoms with van der Waals surface area (Å²) < 4.78 is 20.9. The van der Waals surface area contributed by atoms with E-state index in [1.807, 2.05) is 36.4 Å². The first kappa shape index (κ1) is 27.0. The Hall–Kier alpha value is -4.05. The first-order valence-electron chi connectivity index (χ1n) is 11.8. The topological polar surface area (TPSA) is 164 Å². The highest BCUT2D eigenvalue weighted by atomic mass is 31.2. The van der Waals surface area contributed by atoms with Crippen molar-refractivity contribution in [2.24, 2.45) is 0 Å². The largest absolute Gasteiger partial charge is 0.524 e.